The molecule has 0 bridgehead atoms. The number of nitrogens with one attached hydrogen (secondary N) is 1. The van der Waals surface area contributed by atoms with Gasteiger partial charge in [-0.1, -0.05) is 34.8 Å². The molecule has 0 unspecified atom stereocenters. The summed E-state index contributed by atoms with van der Waals surface area (Å²) in [6, 6.07) is 7.07. The number of hydrogen-bond donors (Lipinski definition) is 2. The number of aromatic nitrogens is 3. The standard InChI is InChI=1S/C27H20Cl3F2N5O4S/c1-3-37-9-15(11(2)36-37)14-8-18(24(31)32)34-27-20(14)21(23(42-27)25(33)38)35-26(39)19-5-4-13(41-19)10-40-22-16(29)6-12(28)7-17(22)30/h4-9,24H,3,10H2,1-2H3,(H2,33,38)(H,35,39). The summed E-state index contributed by atoms with van der Waals surface area (Å²) in [5.74, 6) is -1.27. The van der Waals surface area contributed by atoms with Gasteiger partial charge in [-0.15, -0.1) is 11.3 Å². The lowest BCUT2D eigenvalue weighted by Crippen LogP contribution is -2.16. The zero-order valence-corrected chi connectivity index (χ0v) is 24.9. The van der Waals surface area contributed by atoms with E-state index in [0.717, 1.165) is 11.3 Å². The number of carbonyl (C=O) groups excluding carboxylic acids is 2. The van der Waals surface area contributed by atoms with Crippen molar-refractivity contribution in [3.8, 4) is 16.9 Å². The number of rotatable bonds is 9. The van der Waals surface area contributed by atoms with Gasteiger partial charge in [0.25, 0.3) is 18.2 Å². The van der Waals surface area contributed by atoms with Gasteiger partial charge < -0.3 is 20.2 Å². The Balaban J connectivity index is 1.51. The van der Waals surface area contributed by atoms with E-state index < -0.39 is 23.9 Å². The number of furan rings is 1. The first-order chi connectivity index (χ1) is 20.0. The van der Waals surface area contributed by atoms with Crippen LogP contribution in [-0.2, 0) is 13.2 Å². The summed E-state index contributed by atoms with van der Waals surface area (Å²) >= 11 is 19.0. The molecule has 4 heterocycles. The highest BCUT2D eigenvalue weighted by molar-refractivity contribution is 7.21. The van der Waals surface area contributed by atoms with Crippen LogP contribution >= 0.6 is 46.1 Å². The number of nitrogens with two attached hydrogens (primary N) is 1. The molecule has 0 aliphatic carbocycles. The van der Waals surface area contributed by atoms with E-state index in [1.54, 1.807) is 17.8 Å². The van der Waals surface area contributed by atoms with Crippen LogP contribution in [0.3, 0.4) is 0 Å². The number of thiophene rings is 1. The zero-order valence-electron chi connectivity index (χ0n) is 21.8. The monoisotopic (exact) mass is 653 g/mol. The van der Waals surface area contributed by atoms with Crippen LogP contribution in [-0.4, -0.2) is 26.6 Å². The number of nitrogens with zero attached hydrogens (tertiary/aromatic N) is 3. The number of benzene rings is 1. The average molecular weight is 655 g/mol. The molecule has 15 heteroatoms. The van der Waals surface area contributed by atoms with Crippen molar-refractivity contribution in [2.45, 2.75) is 33.4 Å². The third kappa shape index (κ3) is 5.80. The number of aryl methyl sites for hydroxylation is 2. The van der Waals surface area contributed by atoms with E-state index in [1.807, 2.05) is 6.92 Å². The molecule has 5 aromatic rings. The van der Waals surface area contributed by atoms with Crippen LogP contribution in [0, 0.1) is 6.92 Å². The number of anilines is 1. The van der Waals surface area contributed by atoms with Crippen molar-refractivity contribution in [2.75, 3.05) is 5.32 Å². The molecule has 0 spiro atoms. The summed E-state index contributed by atoms with van der Waals surface area (Å²) in [7, 11) is 0. The largest absolute Gasteiger partial charge is 0.483 e. The van der Waals surface area contributed by atoms with Gasteiger partial charge in [-0.3, -0.25) is 14.3 Å². The Morgan fingerprint density at radius 2 is 1.88 bits per heavy atom. The van der Waals surface area contributed by atoms with E-state index in [9.17, 15) is 18.4 Å². The van der Waals surface area contributed by atoms with Crippen LogP contribution in [0.15, 0.2) is 40.9 Å². The molecule has 3 N–H and O–H groups in total. The quantitative estimate of drug-likeness (QED) is 0.166. The highest BCUT2D eigenvalue weighted by atomic mass is 35.5. The molecule has 0 fully saturated rings. The third-order valence-electron chi connectivity index (χ3n) is 6.14. The van der Waals surface area contributed by atoms with Crippen molar-refractivity contribution >= 4 is 73.9 Å². The molecule has 0 aliphatic heterocycles. The minimum atomic E-state index is -2.88. The number of alkyl halides is 2. The lowest BCUT2D eigenvalue weighted by Gasteiger charge is -2.10. The summed E-state index contributed by atoms with van der Waals surface area (Å²) in [4.78, 5) is 29.8. The molecule has 4 aromatic heterocycles. The second-order valence-electron chi connectivity index (χ2n) is 8.94. The van der Waals surface area contributed by atoms with Crippen LogP contribution in [0.25, 0.3) is 21.3 Å². The van der Waals surface area contributed by atoms with Crippen molar-refractivity contribution in [3.63, 3.8) is 0 Å². The van der Waals surface area contributed by atoms with E-state index in [1.165, 1.54) is 30.3 Å². The molecule has 2 amide bonds. The Labute approximate surface area is 256 Å². The average Bonchev–Trinajstić information content (AvgIpc) is 3.64. The lowest BCUT2D eigenvalue weighted by atomic mass is 10.0. The second-order valence-corrected chi connectivity index (χ2v) is 11.2. The molecular formula is C27H20Cl3F2N5O4S. The third-order valence-corrected chi connectivity index (χ3v) is 8.01. The van der Waals surface area contributed by atoms with E-state index in [2.05, 4.69) is 15.4 Å². The zero-order chi connectivity index (χ0) is 30.3. The molecule has 9 nitrogen and oxygen atoms in total. The Morgan fingerprint density at radius 3 is 2.50 bits per heavy atom. The highest BCUT2D eigenvalue weighted by Crippen LogP contribution is 2.43. The number of pyridine rings is 1. The topological polar surface area (TPSA) is 125 Å². The minimum Gasteiger partial charge on any atom is -0.483 e. The van der Waals surface area contributed by atoms with E-state index in [0.29, 0.717) is 28.4 Å². The maximum atomic E-state index is 13.8. The van der Waals surface area contributed by atoms with Crippen LogP contribution in [0.2, 0.25) is 15.1 Å². The number of primary amides is 1. The minimum absolute atomic E-state index is 0.0217. The van der Waals surface area contributed by atoms with Crippen molar-refractivity contribution in [3.05, 3.63) is 79.4 Å². The first kappa shape index (κ1) is 29.8. The number of carbonyl (C=O) groups is 2. The second kappa shape index (κ2) is 11.9. The molecule has 0 aliphatic rings. The van der Waals surface area contributed by atoms with Crippen molar-refractivity contribution in [1.82, 2.24) is 14.8 Å². The van der Waals surface area contributed by atoms with Gasteiger partial charge in [-0.2, -0.15) is 5.10 Å². The normalized spacial score (nSPS) is 11.4. The van der Waals surface area contributed by atoms with Gasteiger partial charge in [0.05, 0.1) is 21.4 Å². The van der Waals surface area contributed by atoms with Crippen molar-refractivity contribution < 1.29 is 27.5 Å². The Kier molecular flexibility index (Phi) is 8.42. The molecule has 0 saturated carbocycles. The summed E-state index contributed by atoms with van der Waals surface area (Å²) < 4.78 is 40.6. The smallest absolute Gasteiger partial charge is 0.291 e. The van der Waals surface area contributed by atoms with Gasteiger partial charge in [-0.05, 0) is 49.7 Å². The molecule has 5 rings (SSSR count). The van der Waals surface area contributed by atoms with Gasteiger partial charge in [0.1, 0.15) is 27.8 Å². The van der Waals surface area contributed by atoms with Gasteiger partial charge in [0.2, 0.25) is 0 Å². The fourth-order valence-corrected chi connectivity index (χ4v) is 6.18. The summed E-state index contributed by atoms with van der Waals surface area (Å²) in [6.07, 6.45) is -1.18. The molecule has 0 radical (unpaired) electrons. The Hall–Kier alpha value is -3.71. The molecule has 1 aromatic carbocycles. The number of fused-ring (bicyclic) bond motifs is 1. The van der Waals surface area contributed by atoms with Crippen molar-refractivity contribution in [1.29, 1.82) is 0 Å². The van der Waals surface area contributed by atoms with Gasteiger partial charge in [-0.25, -0.2) is 13.8 Å². The van der Waals surface area contributed by atoms with Crippen molar-refractivity contribution in [2.24, 2.45) is 5.73 Å². The van der Waals surface area contributed by atoms with Crippen LogP contribution < -0.4 is 15.8 Å². The number of hydrogen-bond acceptors (Lipinski definition) is 7. The van der Waals surface area contributed by atoms with E-state index in [-0.39, 0.29) is 54.7 Å². The summed E-state index contributed by atoms with van der Waals surface area (Å²) in [6.45, 7) is 4.03. The number of halogens is 5. The van der Waals surface area contributed by atoms with Gasteiger partial charge in [0.15, 0.2) is 11.5 Å². The van der Waals surface area contributed by atoms with E-state index >= 15 is 0 Å². The van der Waals surface area contributed by atoms with E-state index in [4.69, 9.17) is 49.7 Å². The summed E-state index contributed by atoms with van der Waals surface area (Å²) in [5, 5.41) is 8.07. The maximum Gasteiger partial charge on any atom is 0.291 e. The number of ether oxygens (including phenoxy) is 1. The fraction of sp³-hybridized carbons (Fsp3) is 0.185. The Bertz CT molecular complexity index is 1830. The molecule has 218 valence electrons. The van der Waals surface area contributed by atoms with Crippen LogP contribution in [0.5, 0.6) is 5.75 Å². The lowest BCUT2D eigenvalue weighted by molar-refractivity contribution is 0.0992. The predicted octanol–water partition coefficient (Wildman–Crippen LogP) is 7.91. The van der Waals surface area contributed by atoms with Crippen LogP contribution in [0.1, 0.15) is 50.7 Å². The predicted molar refractivity (Wildman–Crippen MR) is 157 cm³/mol. The van der Waals surface area contributed by atoms with Gasteiger partial charge >= 0.3 is 0 Å². The maximum absolute atomic E-state index is 13.8. The van der Waals surface area contributed by atoms with Crippen LogP contribution in [0.4, 0.5) is 14.5 Å². The van der Waals surface area contributed by atoms with Gasteiger partial charge in [0, 0.05) is 28.7 Å². The highest BCUT2D eigenvalue weighted by Gasteiger charge is 2.27. The fourth-order valence-electron chi connectivity index (χ4n) is 4.24. The molecular weight excluding hydrogens is 635 g/mol. The molecule has 42 heavy (non-hydrogen) atoms. The SMILES string of the molecule is CCn1cc(-c2cc(C(F)F)nc3sc(C(N)=O)c(NC(=O)c4ccc(COc5c(Cl)cc(Cl)cc5Cl)o4)c23)c(C)n1. The Morgan fingerprint density at radius 1 is 1.17 bits per heavy atom. The first-order valence-electron chi connectivity index (χ1n) is 12.2. The number of amides is 2. The summed E-state index contributed by atoms with van der Waals surface area (Å²) in [5.41, 5.74) is 6.57. The first-order valence-corrected chi connectivity index (χ1v) is 14.2. The molecule has 0 saturated heterocycles. The molecule has 0 atom stereocenters.